The Morgan fingerprint density at radius 3 is 2.47 bits per heavy atom. The molecule has 2 aromatic carbocycles. The quantitative estimate of drug-likeness (QED) is 0.547. The number of amides is 1. The summed E-state index contributed by atoms with van der Waals surface area (Å²) in [4.78, 5) is 15.2. The molecule has 0 saturated carbocycles. The van der Waals surface area contributed by atoms with E-state index in [2.05, 4.69) is 13.5 Å². The third-order valence-electron chi connectivity index (χ3n) is 5.92. The lowest BCUT2D eigenvalue weighted by Gasteiger charge is -2.22. The minimum Gasteiger partial charge on any atom is -0.507 e. The van der Waals surface area contributed by atoms with Crippen LogP contribution in [0.2, 0.25) is 0 Å². The second-order valence-electron chi connectivity index (χ2n) is 8.44. The number of phenolic OH excluding ortho intramolecular Hbond substituents is 2. The Morgan fingerprint density at radius 2 is 1.83 bits per heavy atom. The Labute approximate surface area is 179 Å². The zero-order chi connectivity index (χ0) is 21.8. The van der Waals surface area contributed by atoms with Crippen LogP contribution < -0.4 is 0 Å². The minimum absolute atomic E-state index is 0.00469. The summed E-state index contributed by atoms with van der Waals surface area (Å²) in [5.41, 5.74) is 4.78. The van der Waals surface area contributed by atoms with Crippen molar-refractivity contribution in [1.29, 1.82) is 0 Å². The summed E-state index contributed by atoms with van der Waals surface area (Å²) in [7, 11) is 0. The number of aromatic hydroxyl groups is 2. The molecule has 30 heavy (non-hydrogen) atoms. The molecule has 0 unspecified atom stereocenters. The van der Waals surface area contributed by atoms with E-state index in [9.17, 15) is 15.0 Å². The molecule has 160 valence electrons. The molecule has 4 heteroatoms. The van der Waals surface area contributed by atoms with Crippen molar-refractivity contribution >= 4 is 11.5 Å². The predicted octanol–water partition coefficient (Wildman–Crippen LogP) is 6.08. The average molecular weight is 408 g/mol. The number of unbranched alkanes of at least 4 members (excludes halogenated alkanes) is 2. The van der Waals surface area contributed by atoms with Crippen LogP contribution >= 0.6 is 0 Å². The summed E-state index contributed by atoms with van der Waals surface area (Å²) in [6, 6.07) is 7.54. The van der Waals surface area contributed by atoms with Crippen LogP contribution in [0.5, 0.6) is 11.5 Å². The number of nitrogens with zero attached hydrogens (tertiary/aromatic N) is 1. The molecule has 3 rings (SSSR count). The zero-order valence-corrected chi connectivity index (χ0v) is 18.4. The molecule has 1 fully saturated rings. The van der Waals surface area contributed by atoms with Gasteiger partial charge in [-0.1, -0.05) is 55.7 Å². The molecule has 2 aromatic rings. The minimum atomic E-state index is -0.137. The normalized spacial score (nSPS) is 13.6. The summed E-state index contributed by atoms with van der Waals surface area (Å²) in [6.07, 6.45) is 5.65. The number of hydrogen-bond acceptors (Lipinski definition) is 3. The van der Waals surface area contributed by atoms with Crippen LogP contribution in [0, 0.1) is 6.92 Å². The van der Waals surface area contributed by atoms with Gasteiger partial charge in [-0.3, -0.25) is 4.79 Å². The van der Waals surface area contributed by atoms with Crippen molar-refractivity contribution in [3.8, 4) is 22.6 Å². The number of benzene rings is 2. The number of phenols is 2. The first-order valence-corrected chi connectivity index (χ1v) is 11.0. The van der Waals surface area contributed by atoms with Crippen molar-refractivity contribution in [2.75, 3.05) is 13.1 Å². The highest BCUT2D eigenvalue weighted by molar-refractivity contribution is 6.02. The van der Waals surface area contributed by atoms with Gasteiger partial charge in [0, 0.05) is 13.1 Å². The summed E-state index contributed by atoms with van der Waals surface area (Å²) >= 11 is 0. The number of hydrogen-bond donors (Lipinski definition) is 2. The van der Waals surface area contributed by atoms with Gasteiger partial charge in [-0.05, 0) is 62.3 Å². The topological polar surface area (TPSA) is 60.8 Å². The van der Waals surface area contributed by atoms with Crippen LogP contribution in [-0.4, -0.2) is 34.1 Å². The van der Waals surface area contributed by atoms with Gasteiger partial charge >= 0.3 is 0 Å². The van der Waals surface area contributed by atoms with Gasteiger partial charge in [0.25, 0.3) is 5.91 Å². The highest BCUT2D eigenvalue weighted by atomic mass is 16.3. The summed E-state index contributed by atoms with van der Waals surface area (Å²) in [6.45, 7) is 11.5. The molecule has 1 saturated heterocycles. The van der Waals surface area contributed by atoms with Crippen LogP contribution in [0.25, 0.3) is 16.7 Å². The molecular weight excluding hydrogens is 374 g/mol. The molecule has 1 aliphatic rings. The second-order valence-corrected chi connectivity index (χ2v) is 8.44. The first kappa shape index (κ1) is 21.9. The molecular formula is C26H33NO3. The van der Waals surface area contributed by atoms with Gasteiger partial charge in [-0.2, -0.15) is 0 Å². The van der Waals surface area contributed by atoms with Crippen molar-refractivity contribution in [2.45, 2.75) is 59.3 Å². The van der Waals surface area contributed by atoms with Crippen LogP contribution in [0.1, 0.15) is 73.0 Å². The number of carbonyl (C=O) groups excluding carboxylic acids is 1. The van der Waals surface area contributed by atoms with E-state index in [1.54, 1.807) is 6.07 Å². The summed E-state index contributed by atoms with van der Waals surface area (Å²) in [5, 5.41) is 22.3. The van der Waals surface area contributed by atoms with Gasteiger partial charge in [-0.15, -0.1) is 0 Å². The second kappa shape index (κ2) is 9.38. The van der Waals surface area contributed by atoms with E-state index >= 15 is 0 Å². The fraction of sp³-hybridized carbons (Fsp3) is 0.423. The zero-order valence-electron chi connectivity index (χ0n) is 18.4. The Morgan fingerprint density at radius 1 is 1.13 bits per heavy atom. The maximum Gasteiger partial charge on any atom is 0.257 e. The first-order valence-electron chi connectivity index (χ1n) is 11.0. The third kappa shape index (κ3) is 4.38. The van der Waals surface area contributed by atoms with Crippen LogP contribution in [0.15, 0.2) is 30.8 Å². The van der Waals surface area contributed by atoms with E-state index in [4.69, 9.17) is 0 Å². The molecule has 0 bridgehead atoms. The lowest BCUT2D eigenvalue weighted by Crippen LogP contribution is -2.28. The maximum absolute atomic E-state index is 13.4. The molecule has 1 amide bonds. The van der Waals surface area contributed by atoms with Crippen molar-refractivity contribution in [1.82, 2.24) is 4.90 Å². The lowest BCUT2D eigenvalue weighted by molar-refractivity contribution is 0.0788. The molecule has 1 aliphatic heterocycles. The Bertz CT molecular complexity index is 955. The van der Waals surface area contributed by atoms with Crippen molar-refractivity contribution < 1.29 is 15.0 Å². The molecule has 0 atom stereocenters. The van der Waals surface area contributed by atoms with E-state index in [0.29, 0.717) is 36.2 Å². The van der Waals surface area contributed by atoms with Gasteiger partial charge in [0.15, 0.2) is 0 Å². The first-order chi connectivity index (χ1) is 14.3. The van der Waals surface area contributed by atoms with Gasteiger partial charge in [0.1, 0.15) is 11.5 Å². The number of allylic oxidation sites excluding steroid dienone is 1. The smallest absolute Gasteiger partial charge is 0.257 e. The SMILES string of the molecule is C=C(C)c1ccc(C)cc1-c1c(O)cc(CCCCC)c(C(=O)N2CCCC2)c1O. The number of carbonyl (C=O) groups is 1. The van der Waals surface area contributed by atoms with E-state index in [1.807, 2.05) is 36.9 Å². The van der Waals surface area contributed by atoms with Crippen LogP contribution in [-0.2, 0) is 6.42 Å². The Kier molecular flexibility index (Phi) is 6.86. The fourth-order valence-corrected chi connectivity index (χ4v) is 4.29. The standard InChI is InChI=1S/C26H33NO3/c1-5-6-7-10-19-16-22(28)24(21-15-18(4)11-12-20(21)17(2)3)25(29)23(19)26(30)27-13-8-9-14-27/h11-12,15-16,28-29H,2,5-10,13-14H2,1,3-4H3. The fourth-order valence-electron chi connectivity index (χ4n) is 4.29. The molecule has 0 radical (unpaired) electrons. The Balaban J connectivity index is 2.20. The van der Waals surface area contributed by atoms with Gasteiger partial charge in [-0.25, -0.2) is 0 Å². The van der Waals surface area contributed by atoms with Crippen LogP contribution in [0.4, 0.5) is 0 Å². The summed E-state index contributed by atoms with van der Waals surface area (Å²) in [5.74, 6) is -0.251. The predicted molar refractivity (Wildman–Crippen MR) is 123 cm³/mol. The van der Waals surface area contributed by atoms with Gasteiger partial charge < -0.3 is 15.1 Å². The molecule has 0 aliphatic carbocycles. The molecule has 0 aromatic heterocycles. The largest absolute Gasteiger partial charge is 0.507 e. The van der Waals surface area contributed by atoms with E-state index < -0.39 is 0 Å². The highest BCUT2D eigenvalue weighted by Gasteiger charge is 2.29. The Hall–Kier alpha value is -2.75. The van der Waals surface area contributed by atoms with Crippen molar-refractivity contribution in [2.24, 2.45) is 0 Å². The third-order valence-corrected chi connectivity index (χ3v) is 5.92. The van der Waals surface area contributed by atoms with E-state index in [0.717, 1.165) is 54.4 Å². The van der Waals surface area contributed by atoms with E-state index in [1.165, 1.54) is 0 Å². The molecule has 4 nitrogen and oxygen atoms in total. The molecule has 2 N–H and O–H groups in total. The van der Waals surface area contributed by atoms with E-state index in [-0.39, 0.29) is 17.4 Å². The number of rotatable bonds is 7. The van der Waals surface area contributed by atoms with Crippen molar-refractivity contribution in [3.05, 3.63) is 53.1 Å². The van der Waals surface area contributed by atoms with Gasteiger partial charge in [0.05, 0.1) is 11.1 Å². The lowest BCUT2D eigenvalue weighted by atomic mass is 9.88. The molecule has 0 spiro atoms. The highest BCUT2D eigenvalue weighted by Crippen LogP contribution is 2.45. The number of likely N-dealkylation sites (tertiary alicyclic amines) is 1. The van der Waals surface area contributed by atoms with Gasteiger partial charge in [0.2, 0.25) is 0 Å². The monoisotopic (exact) mass is 407 g/mol. The number of aryl methyl sites for hydroxylation is 2. The summed E-state index contributed by atoms with van der Waals surface area (Å²) < 4.78 is 0. The van der Waals surface area contributed by atoms with Crippen molar-refractivity contribution in [3.63, 3.8) is 0 Å². The van der Waals surface area contributed by atoms with Crippen LogP contribution in [0.3, 0.4) is 0 Å². The maximum atomic E-state index is 13.4. The average Bonchev–Trinajstić information content (AvgIpc) is 3.22. The molecule has 1 heterocycles.